The molecule has 0 unspecified atom stereocenters. The van der Waals surface area contributed by atoms with Gasteiger partial charge in [-0.05, 0) is 38.8 Å². The molecule has 0 spiro atoms. The van der Waals surface area contributed by atoms with Crippen LogP contribution in [0.15, 0.2) is 17.0 Å². The van der Waals surface area contributed by atoms with Gasteiger partial charge in [-0.1, -0.05) is 11.3 Å². The number of nitrogens with one attached hydrogen (secondary N) is 2. The number of piperazine rings is 1. The van der Waals surface area contributed by atoms with Gasteiger partial charge < -0.3 is 15.0 Å². The van der Waals surface area contributed by atoms with Gasteiger partial charge >= 0.3 is 0 Å². The number of benzene rings is 1. The number of hydrogen-bond donors (Lipinski definition) is 2. The Kier molecular flexibility index (Phi) is 6.15. The molecular formula is C23H26F2N8O3S2. The molecule has 3 aromatic rings. The summed E-state index contributed by atoms with van der Waals surface area (Å²) in [6.07, 6.45) is -0.997. The number of halogens is 2. The highest BCUT2D eigenvalue weighted by Crippen LogP contribution is 2.44. The van der Waals surface area contributed by atoms with Crippen LogP contribution in [0.2, 0.25) is 0 Å². The molecule has 11 nitrogen and oxygen atoms in total. The van der Waals surface area contributed by atoms with Crippen molar-refractivity contribution in [3.8, 4) is 11.2 Å². The first-order valence-electron chi connectivity index (χ1n) is 12.3. The van der Waals surface area contributed by atoms with Crippen LogP contribution in [0, 0.1) is 11.3 Å². The standard InChI is InChI=1S/C23H26F2N8O3S2/c1-12-7-32(8-13(2)27-12)16-5-15(38(34,35)31-23(9-26)10-36-11-23)6-17-18(16)28-20(14-3-4-14)33(17)22-30-29-21(37-22)19(24)25/h5-6,12-14,19,27,31H,3-4,7-8,10-11H2,1-2H3/t12-,13-/m0/s1. The predicted molar refractivity (Wildman–Crippen MR) is 135 cm³/mol. The van der Waals surface area contributed by atoms with Gasteiger partial charge in [-0.25, -0.2) is 22.2 Å². The van der Waals surface area contributed by atoms with Crippen LogP contribution in [0.1, 0.15) is 49.9 Å². The number of anilines is 1. The lowest BCUT2D eigenvalue weighted by atomic mass is 10.0. The Labute approximate surface area is 221 Å². The number of rotatable bonds is 7. The van der Waals surface area contributed by atoms with Gasteiger partial charge in [-0.3, -0.25) is 4.57 Å². The average Bonchev–Trinajstić information content (AvgIpc) is 3.43. The Morgan fingerprint density at radius 1 is 1.24 bits per heavy atom. The van der Waals surface area contributed by atoms with Gasteiger partial charge in [0.05, 0.1) is 35.4 Å². The van der Waals surface area contributed by atoms with Crippen molar-refractivity contribution < 1.29 is 21.9 Å². The van der Waals surface area contributed by atoms with Crippen LogP contribution in [0.4, 0.5) is 14.5 Å². The fourth-order valence-electron chi connectivity index (χ4n) is 5.06. The second kappa shape index (κ2) is 9.16. The Hall–Kier alpha value is -2.77. The maximum Gasteiger partial charge on any atom is 0.291 e. The summed E-state index contributed by atoms with van der Waals surface area (Å²) in [6, 6.07) is 5.35. The molecule has 0 bridgehead atoms. The maximum absolute atomic E-state index is 13.6. The van der Waals surface area contributed by atoms with Crippen LogP contribution in [0.5, 0.6) is 0 Å². The summed E-state index contributed by atoms with van der Waals surface area (Å²) in [7, 11) is -4.16. The summed E-state index contributed by atoms with van der Waals surface area (Å²) in [4.78, 5) is 6.98. The molecule has 38 heavy (non-hydrogen) atoms. The molecule has 15 heteroatoms. The molecule has 3 fully saturated rings. The summed E-state index contributed by atoms with van der Waals surface area (Å²) in [6.45, 7) is 5.25. The number of hydrogen-bond acceptors (Lipinski definition) is 10. The number of aromatic nitrogens is 4. The average molecular weight is 565 g/mol. The number of imidazole rings is 1. The van der Waals surface area contributed by atoms with E-state index in [2.05, 4.69) is 39.0 Å². The minimum atomic E-state index is -4.16. The van der Waals surface area contributed by atoms with Gasteiger partial charge in [0, 0.05) is 31.1 Å². The molecule has 1 saturated carbocycles. The molecule has 0 radical (unpaired) electrons. The van der Waals surface area contributed by atoms with E-state index in [0.29, 0.717) is 35.6 Å². The fourth-order valence-corrected chi connectivity index (χ4v) is 7.11. The van der Waals surface area contributed by atoms with Crippen molar-refractivity contribution in [1.82, 2.24) is 29.8 Å². The first kappa shape index (κ1) is 25.5. The molecular weight excluding hydrogens is 538 g/mol. The third-order valence-corrected chi connectivity index (χ3v) is 9.37. The number of ether oxygens (including phenoxy) is 1. The third kappa shape index (κ3) is 4.43. The molecule has 1 aromatic carbocycles. The molecule has 2 aliphatic heterocycles. The van der Waals surface area contributed by atoms with E-state index in [-0.39, 0.29) is 41.2 Å². The van der Waals surface area contributed by atoms with E-state index in [0.717, 1.165) is 24.2 Å². The second-order valence-corrected chi connectivity index (χ2v) is 12.9. The summed E-state index contributed by atoms with van der Waals surface area (Å²) in [5.74, 6) is 0.764. The number of alkyl halides is 2. The molecule has 4 heterocycles. The molecule has 2 N–H and O–H groups in total. The zero-order valence-corrected chi connectivity index (χ0v) is 22.3. The van der Waals surface area contributed by atoms with Crippen LogP contribution in [0.3, 0.4) is 0 Å². The van der Waals surface area contributed by atoms with Gasteiger partial charge in [-0.15, -0.1) is 10.2 Å². The van der Waals surface area contributed by atoms with Gasteiger partial charge in [-0.2, -0.15) is 9.98 Å². The van der Waals surface area contributed by atoms with Gasteiger partial charge in [0.2, 0.25) is 15.2 Å². The molecule has 3 aliphatic rings. The molecule has 2 saturated heterocycles. The van der Waals surface area contributed by atoms with Crippen molar-refractivity contribution in [2.24, 2.45) is 0 Å². The van der Waals surface area contributed by atoms with Gasteiger partial charge in [0.25, 0.3) is 6.43 Å². The topological polar surface area (TPSA) is 138 Å². The van der Waals surface area contributed by atoms with Crippen molar-refractivity contribution in [2.75, 3.05) is 31.2 Å². The van der Waals surface area contributed by atoms with Gasteiger partial charge in [0.1, 0.15) is 11.3 Å². The Morgan fingerprint density at radius 3 is 2.50 bits per heavy atom. The van der Waals surface area contributed by atoms with E-state index in [1.807, 2.05) is 6.07 Å². The predicted octanol–water partition coefficient (Wildman–Crippen LogP) is 2.45. The van der Waals surface area contributed by atoms with E-state index in [4.69, 9.17) is 9.72 Å². The van der Waals surface area contributed by atoms with Crippen LogP contribution in [0.25, 0.3) is 16.2 Å². The fraction of sp³-hybridized carbons (Fsp3) is 0.565. The summed E-state index contributed by atoms with van der Waals surface area (Å²) in [5, 5.41) is 20.5. The Balaban J connectivity index is 1.57. The van der Waals surface area contributed by atoms with E-state index in [1.54, 1.807) is 10.6 Å². The first-order valence-corrected chi connectivity index (χ1v) is 14.6. The monoisotopic (exact) mass is 564 g/mol. The highest BCUT2D eigenvalue weighted by Gasteiger charge is 2.43. The van der Waals surface area contributed by atoms with Crippen LogP contribution in [-0.4, -0.2) is 72.1 Å². The van der Waals surface area contributed by atoms with E-state index in [9.17, 15) is 22.5 Å². The molecule has 2 aromatic heterocycles. The van der Waals surface area contributed by atoms with E-state index >= 15 is 0 Å². The number of nitriles is 1. The third-order valence-electron chi connectivity index (χ3n) is 6.94. The smallest absolute Gasteiger partial charge is 0.291 e. The van der Waals surface area contributed by atoms with E-state index in [1.165, 1.54) is 6.07 Å². The highest BCUT2D eigenvalue weighted by atomic mass is 32.2. The van der Waals surface area contributed by atoms with Crippen LogP contribution < -0.4 is 14.9 Å². The maximum atomic E-state index is 13.6. The zero-order chi connectivity index (χ0) is 26.8. The SMILES string of the molecule is C[C@H]1CN(c2cc(S(=O)(=O)NC3(C#N)COC3)cc3c2nc(C2CC2)n3-c2nnc(C(F)F)s2)C[C@H](C)N1. The largest absolute Gasteiger partial charge is 0.375 e. The lowest BCUT2D eigenvalue weighted by Gasteiger charge is -2.38. The van der Waals surface area contributed by atoms with Crippen molar-refractivity contribution >= 4 is 38.1 Å². The first-order chi connectivity index (χ1) is 18.1. The lowest BCUT2D eigenvalue weighted by molar-refractivity contribution is -0.0324. The number of fused-ring (bicyclic) bond motifs is 1. The van der Waals surface area contributed by atoms with E-state index < -0.39 is 27.0 Å². The van der Waals surface area contributed by atoms with Crippen LogP contribution >= 0.6 is 11.3 Å². The minimum absolute atomic E-state index is 0.0460. The second-order valence-electron chi connectivity index (χ2n) is 10.3. The van der Waals surface area contributed by atoms with Crippen LogP contribution in [-0.2, 0) is 14.8 Å². The normalized spacial score (nSPS) is 23.5. The molecule has 6 rings (SSSR count). The molecule has 1 aliphatic carbocycles. The van der Waals surface area contributed by atoms with Crippen molar-refractivity contribution in [1.29, 1.82) is 5.26 Å². The summed E-state index contributed by atoms with van der Waals surface area (Å²) in [5.41, 5.74) is 0.300. The van der Waals surface area contributed by atoms with Crippen molar-refractivity contribution in [3.63, 3.8) is 0 Å². The van der Waals surface area contributed by atoms with Gasteiger partial charge in [0.15, 0.2) is 10.5 Å². The highest BCUT2D eigenvalue weighted by molar-refractivity contribution is 7.89. The Morgan fingerprint density at radius 2 is 1.95 bits per heavy atom. The lowest BCUT2D eigenvalue weighted by Crippen LogP contribution is -2.61. The minimum Gasteiger partial charge on any atom is -0.375 e. The summed E-state index contributed by atoms with van der Waals surface area (Å²) >= 11 is 0.757. The van der Waals surface area contributed by atoms with Crippen molar-refractivity contribution in [2.45, 2.75) is 61.6 Å². The Bertz CT molecular complexity index is 1530. The van der Waals surface area contributed by atoms with Crippen molar-refractivity contribution in [3.05, 3.63) is 23.0 Å². The molecule has 0 amide bonds. The molecule has 202 valence electrons. The quantitative estimate of drug-likeness (QED) is 0.443. The summed E-state index contributed by atoms with van der Waals surface area (Å²) < 4.78 is 63.2. The number of sulfonamides is 1. The zero-order valence-electron chi connectivity index (χ0n) is 20.7. The number of nitrogens with zero attached hydrogens (tertiary/aromatic N) is 6. The molecule has 2 atom stereocenters.